The average Bonchev–Trinajstić information content (AvgIpc) is 3.05. The van der Waals surface area contributed by atoms with Gasteiger partial charge in [0.15, 0.2) is 0 Å². The summed E-state index contributed by atoms with van der Waals surface area (Å²) >= 11 is 0. The lowest BCUT2D eigenvalue weighted by Crippen LogP contribution is -2.53. The van der Waals surface area contributed by atoms with Crippen molar-refractivity contribution in [3.05, 3.63) is 0 Å². The summed E-state index contributed by atoms with van der Waals surface area (Å²) in [5.41, 5.74) is 0.308. The summed E-state index contributed by atoms with van der Waals surface area (Å²) in [5.74, 6) is 0.897. The minimum atomic E-state index is -0.0243. The molecule has 1 saturated carbocycles. The van der Waals surface area contributed by atoms with Crippen LogP contribution >= 0.6 is 0 Å². The standard InChI is InChI=1S/C15H30N2O/c1-5-18-14(2,3)11-17-10-6-9-16-15(4,12-17)13-7-8-13/h13,16H,5-12H2,1-4H3. The molecule has 0 aromatic carbocycles. The molecular weight excluding hydrogens is 224 g/mol. The summed E-state index contributed by atoms with van der Waals surface area (Å²) in [7, 11) is 0. The molecule has 1 aliphatic heterocycles. The zero-order valence-corrected chi connectivity index (χ0v) is 12.6. The smallest absolute Gasteiger partial charge is 0.0752 e. The van der Waals surface area contributed by atoms with Crippen LogP contribution in [-0.4, -0.2) is 48.8 Å². The molecule has 1 N–H and O–H groups in total. The second-order valence-corrected chi connectivity index (χ2v) is 6.88. The van der Waals surface area contributed by atoms with Gasteiger partial charge in [0.05, 0.1) is 5.60 Å². The molecule has 0 amide bonds. The highest BCUT2D eigenvalue weighted by Crippen LogP contribution is 2.40. The Balaban J connectivity index is 1.94. The van der Waals surface area contributed by atoms with Crippen LogP contribution in [0.15, 0.2) is 0 Å². The average molecular weight is 254 g/mol. The second-order valence-electron chi connectivity index (χ2n) is 6.88. The summed E-state index contributed by atoms with van der Waals surface area (Å²) in [6.45, 7) is 14.3. The summed E-state index contributed by atoms with van der Waals surface area (Å²) in [5, 5.41) is 3.79. The Labute approximate surface area is 112 Å². The molecule has 3 nitrogen and oxygen atoms in total. The highest BCUT2D eigenvalue weighted by atomic mass is 16.5. The number of nitrogens with one attached hydrogen (secondary N) is 1. The molecule has 106 valence electrons. The van der Waals surface area contributed by atoms with Crippen LogP contribution in [0.5, 0.6) is 0 Å². The molecule has 0 spiro atoms. The van der Waals surface area contributed by atoms with Crippen LogP contribution in [0, 0.1) is 5.92 Å². The first kappa shape index (κ1) is 14.3. The van der Waals surface area contributed by atoms with E-state index >= 15 is 0 Å². The maximum Gasteiger partial charge on any atom is 0.0752 e. The van der Waals surface area contributed by atoms with Gasteiger partial charge in [0.2, 0.25) is 0 Å². The van der Waals surface area contributed by atoms with Gasteiger partial charge in [-0.15, -0.1) is 0 Å². The molecule has 1 atom stereocenters. The highest BCUT2D eigenvalue weighted by molar-refractivity contribution is 5.01. The van der Waals surface area contributed by atoms with Gasteiger partial charge in [-0.25, -0.2) is 0 Å². The van der Waals surface area contributed by atoms with Crippen LogP contribution in [0.2, 0.25) is 0 Å². The topological polar surface area (TPSA) is 24.5 Å². The SMILES string of the molecule is CCOC(C)(C)CN1CCCNC(C)(C2CC2)C1. The van der Waals surface area contributed by atoms with Gasteiger partial charge >= 0.3 is 0 Å². The van der Waals surface area contributed by atoms with Crippen LogP contribution in [0.25, 0.3) is 0 Å². The van der Waals surface area contributed by atoms with E-state index in [-0.39, 0.29) is 5.60 Å². The fourth-order valence-electron chi connectivity index (χ4n) is 3.38. The van der Waals surface area contributed by atoms with E-state index in [0.29, 0.717) is 5.54 Å². The predicted molar refractivity (Wildman–Crippen MR) is 75.9 cm³/mol. The van der Waals surface area contributed by atoms with Crippen molar-refractivity contribution in [3.63, 3.8) is 0 Å². The van der Waals surface area contributed by atoms with Crippen molar-refractivity contribution < 1.29 is 4.74 Å². The van der Waals surface area contributed by atoms with Crippen LogP contribution in [0.3, 0.4) is 0 Å². The van der Waals surface area contributed by atoms with E-state index in [2.05, 4.69) is 37.9 Å². The van der Waals surface area contributed by atoms with Gasteiger partial charge < -0.3 is 10.1 Å². The Bertz CT molecular complexity index is 276. The van der Waals surface area contributed by atoms with E-state index in [0.717, 1.165) is 19.1 Å². The Morgan fingerprint density at radius 1 is 1.39 bits per heavy atom. The van der Waals surface area contributed by atoms with Crippen molar-refractivity contribution in [1.82, 2.24) is 10.2 Å². The molecule has 1 heterocycles. The summed E-state index contributed by atoms with van der Waals surface area (Å²) < 4.78 is 5.86. The molecule has 18 heavy (non-hydrogen) atoms. The molecule has 0 radical (unpaired) electrons. The quantitative estimate of drug-likeness (QED) is 0.814. The molecule has 2 rings (SSSR count). The highest BCUT2D eigenvalue weighted by Gasteiger charge is 2.43. The lowest BCUT2D eigenvalue weighted by Gasteiger charge is -2.37. The Kier molecular flexibility index (Phi) is 4.35. The maximum atomic E-state index is 5.86. The molecule has 1 saturated heterocycles. The first-order chi connectivity index (χ1) is 8.45. The summed E-state index contributed by atoms with van der Waals surface area (Å²) in [6.07, 6.45) is 4.07. The zero-order valence-electron chi connectivity index (χ0n) is 12.6. The molecule has 1 aliphatic carbocycles. The van der Waals surface area contributed by atoms with Gasteiger partial charge in [-0.1, -0.05) is 0 Å². The van der Waals surface area contributed by atoms with Gasteiger partial charge in [-0.05, 0) is 66.0 Å². The Hall–Kier alpha value is -0.120. The van der Waals surface area contributed by atoms with Gasteiger partial charge in [0, 0.05) is 25.2 Å². The predicted octanol–water partition coefficient (Wildman–Crippen LogP) is 2.27. The molecule has 3 heteroatoms. The maximum absolute atomic E-state index is 5.86. The van der Waals surface area contributed by atoms with E-state index in [1.165, 1.54) is 38.9 Å². The molecule has 0 bridgehead atoms. The normalized spacial score (nSPS) is 31.3. The van der Waals surface area contributed by atoms with Crippen LogP contribution < -0.4 is 5.32 Å². The van der Waals surface area contributed by atoms with Crippen LogP contribution in [-0.2, 0) is 4.74 Å². The largest absolute Gasteiger partial charge is 0.375 e. The minimum absolute atomic E-state index is 0.0243. The summed E-state index contributed by atoms with van der Waals surface area (Å²) in [6, 6.07) is 0. The van der Waals surface area contributed by atoms with Gasteiger partial charge in [0.1, 0.15) is 0 Å². The molecule has 0 aromatic heterocycles. The number of rotatable bonds is 5. The third kappa shape index (κ3) is 3.69. The van der Waals surface area contributed by atoms with Crippen LogP contribution in [0.1, 0.15) is 47.0 Å². The fourth-order valence-corrected chi connectivity index (χ4v) is 3.38. The minimum Gasteiger partial charge on any atom is -0.375 e. The van der Waals surface area contributed by atoms with Crippen molar-refractivity contribution in [3.8, 4) is 0 Å². The molecule has 2 fully saturated rings. The molecule has 1 unspecified atom stereocenters. The molecular formula is C15H30N2O. The van der Waals surface area contributed by atoms with Crippen molar-refractivity contribution in [1.29, 1.82) is 0 Å². The van der Waals surface area contributed by atoms with Crippen molar-refractivity contribution in [2.45, 2.75) is 58.1 Å². The van der Waals surface area contributed by atoms with E-state index in [4.69, 9.17) is 4.74 Å². The number of hydrogen-bond acceptors (Lipinski definition) is 3. The van der Waals surface area contributed by atoms with E-state index in [9.17, 15) is 0 Å². The Morgan fingerprint density at radius 3 is 2.72 bits per heavy atom. The molecule has 0 aromatic rings. The summed E-state index contributed by atoms with van der Waals surface area (Å²) in [4.78, 5) is 2.61. The Morgan fingerprint density at radius 2 is 2.11 bits per heavy atom. The van der Waals surface area contributed by atoms with Crippen molar-refractivity contribution in [2.75, 3.05) is 32.8 Å². The first-order valence-electron chi connectivity index (χ1n) is 7.56. The monoisotopic (exact) mass is 254 g/mol. The third-order valence-corrected chi connectivity index (χ3v) is 4.35. The van der Waals surface area contributed by atoms with E-state index < -0.39 is 0 Å². The van der Waals surface area contributed by atoms with Gasteiger partial charge in [-0.2, -0.15) is 0 Å². The lowest BCUT2D eigenvalue weighted by atomic mass is 9.95. The number of nitrogens with zero attached hydrogens (tertiary/aromatic N) is 1. The van der Waals surface area contributed by atoms with Crippen LogP contribution in [0.4, 0.5) is 0 Å². The van der Waals surface area contributed by atoms with Crippen molar-refractivity contribution in [2.24, 2.45) is 5.92 Å². The van der Waals surface area contributed by atoms with Gasteiger partial charge in [0.25, 0.3) is 0 Å². The fraction of sp³-hybridized carbons (Fsp3) is 1.00. The van der Waals surface area contributed by atoms with E-state index in [1.807, 2.05) is 0 Å². The van der Waals surface area contributed by atoms with E-state index in [1.54, 1.807) is 0 Å². The molecule has 2 aliphatic rings. The zero-order chi connectivity index (χ0) is 13.2. The second kappa shape index (κ2) is 5.48. The first-order valence-corrected chi connectivity index (χ1v) is 7.56. The third-order valence-electron chi connectivity index (χ3n) is 4.35. The van der Waals surface area contributed by atoms with Gasteiger partial charge in [-0.3, -0.25) is 4.90 Å². The van der Waals surface area contributed by atoms with Crippen molar-refractivity contribution >= 4 is 0 Å². The number of ether oxygens (including phenoxy) is 1. The number of hydrogen-bond donors (Lipinski definition) is 1. The lowest BCUT2D eigenvalue weighted by molar-refractivity contribution is -0.0367.